The predicted molar refractivity (Wildman–Crippen MR) is 81.9 cm³/mol. The van der Waals surface area contributed by atoms with E-state index in [2.05, 4.69) is 41.1 Å². The number of ether oxygens (including phenoxy) is 1. The van der Waals surface area contributed by atoms with E-state index in [1.54, 1.807) is 0 Å². The van der Waals surface area contributed by atoms with E-state index in [0.29, 0.717) is 29.9 Å². The lowest BCUT2D eigenvalue weighted by atomic mass is 9.81. The van der Waals surface area contributed by atoms with Crippen LogP contribution in [0.1, 0.15) is 63.0 Å². The molecule has 2 aromatic heterocycles. The van der Waals surface area contributed by atoms with Crippen molar-refractivity contribution in [2.75, 3.05) is 6.61 Å². The molecule has 2 aromatic rings. The Labute approximate surface area is 135 Å². The average molecular weight is 320 g/mol. The fourth-order valence-corrected chi connectivity index (χ4v) is 3.05. The molecule has 1 aliphatic heterocycles. The SMILES string of the molecule is Cc1noc(CCCc2nnc([C@H]3CCO[C@@H]3C(C)(C)C)o2)n1. The number of aryl methyl sites for hydroxylation is 3. The van der Waals surface area contributed by atoms with Gasteiger partial charge in [0.25, 0.3) is 0 Å². The highest BCUT2D eigenvalue weighted by atomic mass is 16.5. The first-order chi connectivity index (χ1) is 10.9. The highest BCUT2D eigenvalue weighted by Crippen LogP contribution is 2.40. The molecule has 2 atom stereocenters. The number of hydrogen-bond acceptors (Lipinski definition) is 7. The van der Waals surface area contributed by atoms with Crippen molar-refractivity contribution >= 4 is 0 Å². The lowest BCUT2D eigenvalue weighted by molar-refractivity contribution is 0.0170. The maximum Gasteiger partial charge on any atom is 0.226 e. The van der Waals surface area contributed by atoms with E-state index in [-0.39, 0.29) is 17.4 Å². The van der Waals surface area contributed by atoms with Gasteiger partial charge in [0, 0.05) is 19.4 Å². The van der Waals surface area contributed by atoms with Crippen LogP contribution in [0.5, 0.6) is 0 Å². The van der Waals surface area contributed by atoms with Crippen LogP contribution in [0.2, 0.25) is 0 Å². The monoisotopic (exact) mass is 320 g/mol. The summed E-state index contributed by atoms with van der Waals surface area (Å²) in [6.07, 6.45) is 3.33. The normalized spacial score (nSPS) is 21.9. The third kappa shape index (κ3) is 3.77. The molecule has 23 heavy (non-hydrogen) atoms. The quantitative estimate of drug-likeness (QED) is 0.837. The topological polar surface area (TPSA) is 87.1 Å². The molecule has 0 radical (unpaired) electrons. The van der Waals surface area contributed by atoms with Gasteiger partial charge in [0.15, 0.2) is 5.82 Å². The average Bonchev–Trinajstić information content (AvgIpc) is 3.17. The Balaban J connectivity index is 1.57. The fourth-order valence-electron chi connectivity index (χ4n) is 3.05. The minimum absolute atomic E-state index is 0.0611. The maximum absolute atomic E-state index is 5.88. The fraction of sp³-hybridized carbons (Fsp3) is 0.750. The molecular formula is C16H24N4O3. The van der Waals surface area contributed by atoms with Crippen molar-refractivity contribution in [3.05, 3.63) is 23.5 Å². The van der Waals surface area contributed by atoms with Crippen LogP contribution in [0.3, 0.4) is 0 Å². The van der Waals surface area contributed by atoms with Gasteiger partial charge in [-0.05, 0) is 25.2 Å². The molecule has 1 saturated heterocycles. The second-order valence-corrected chi connectivity index (χ2v) is 7.18. The second kappa shape index (κ2) is 6.39. The molecule has 0 saturated carbocycles. The van der Waals surface area contributed by atoms with Crippen molar-refractivity contribution in [3.8, 4) is 0 Å². The Morgan fingerprint density at radius 1 is 1.13 bits per heavy atom. The summed E-state index contributed by atoms with van der Waals surface area (Å²) >= 11 is 0. The lowest BCUT2D eigenvalue weighted by Crippen LogP contribution is -2.30. The molecule has 0 amide bonds. The second-order valence-electron chi connectivity index (χ2n) is 7.18. The number of hydrogen-bond donors (Lipinski definition) is 0. The molecule has 1 aliphatic rings. The minimum Gasteiger partial charge on any atom is -0.425 e. The van der Waals surface area contributed by atoms with Gasteiger partial charge in [-0.15, -0.1) is 10.2 Å². The molecule has 0 aliphatic carbocycles. The first-order valence-electron chi connectivity index (χ1n) is 8.16. The van der Waals surface area contributed by atoms with Gasteiger partial charge in [0.2, 0.25) is 17.7 Å². The Morgan fingerprint density at radius 3 is 2.61 bits per heavy atom. The summed E-state index contributed by atoms with van der Waals surface area (Å²) in [5.74, 6) is 2.87. The van der Waals surface area contributed by atoms with Crippen LogP contribution in [0, 0.1) is 12.3 Å². The zero-order valence-corrected chi connectivity index (χ0v) is 14.2. The zero-order valence-electron chi connectivity index (χ0n) is 14.2. The number of nitrogens with zero attached hydrogens (tertiary/aromatic N) is 4. The van der Waals surface area contributed by atoms with Crippen molar-refractivity contribution in [2.24, 2.45) is 5.41 Å². The third-order valence-corrected chi connectivity index (χ3v) is 4.10. The maximum atomic E-state index is 5.88. The van der Waals surface area contributed by atoms with Crippen molar-refractivity contribution < 1.29 is 13.7 Å². The van der Waals surface area contributed by atoms with Gasteiger partial charge in [0.05, 0.1) is 12.0 Å². The van der Waals surface area contributed by atoms with Crippen molar-refractivity contribution in [1.29, 1.82) is 0 Å². The highest BCUT2D eigenvalue weighted by molar-refractivity contribution is 5.02. The first kappa shape index (κ1) is 16.1. The molecule has 3 rings (SSSR count). The van der Waals surface area contributed by atoms with Gasteiger partial charge >= 0.3 is 0 Å². The van der Waals surface area contributed by atoms with E-state index in [0.717, 1.165) is 25.9 Å². The summed E-state index contributed by atoms with van der Waals surface area (Å²) in [5, 5.41) is 12.2. The molecule has 0 bridgehead atoms. The van der Waals surface area contributed by atoms with Crippen LogP contribution in [-0.4, -0.2) is 33.0 Å². The summed E-state index contributed by atoms with van der Waals surface area (Å²) in [7, 11) is 0. The molecule has 126 valence electrons. The van der Waals surface area contributed by atoms with Gasteiger partial charge in [-0.3, -0.25) is 0 Å². The highest BCUT2D eigenvalue weighted by Gasteiger charge is 2.40. The van der Waals surface area contributed by atoms with Gasteiger partial charge in [-0.25, -0.2) is 0 Å². The zero-order chi connectivity index (χ0) is 16.4. The predicted octanol–water partition coefficient (Wildman–Crippen LogP) is 2.85. The van der Waals surface area contributed by atoms with E-state index < -0.39 is 0 Å². The largest absolute Gasteiger partial charge is 0.425 e. The Kier molecular flexibility index (Phi) is 4.48. The molecule has 3 heterocycles. The molecular weight excluding hydrogens is 296 g/mol. The molecule has 0 N–H and O–H groups in total. The van der Waals surface area contributed by atoms with Gasteiger partial charge in [-0.1, -0.05) is 25.9 Å². The van der Waals surface area contributed by atoms with E-state index in [4.69, 9.17) is 13.7 Å². The van der Waals surface area contributed by atoms with Gasteiger partial charge < -0.3 is 13.7 Å². The van der Waals surface area contributed by atoms with E-state index in [1.807, 2.05) is 6.92 Å². The van der Waals surface area contributed by atoms with Crippen LogP contribution in [0.4, 0.5) is 0 Å². The number of aromatic nitrogens is 4. The molecule has 1 fully saturated rings. The summed E-state index contributed by atoms with van der Waals surface area (Å²) in [4.78, 5) is 4.19. The molecule has 0 unspecified atom stereocenters. The molecule has 7 nitrogen and oxygen atoms in total. The van der Waals surface area contributed by atoms with Gasteiger partial charge in [-0.2, -0.15) is 4.98 Å². The Hall–Kier alpha value is -1.76. The molecule has 0 spiro atoms. The van der Waals surface area contributed by atoms with E-state index in [1.165, 1.54) is 0 Å². The summed E-state index contributed by atoms with van der Waals surface area (Å²) in [5.41, 5.74) is 0.0611. The minimum atomic E-state index is 0.0611. The standard InChI is InChI=1S/C16H24N4O3/c1-10-17-12(23-20-10)6-5-7-13-18-19-15(22-13)11-8-9-21-14(11)16(2,3)4/h11,14H,5-9H2,1-4H3/t11-,14-/m0/s1. The Morgan fingerprint density at radius 2 is 1.91 bits per heavy atom. The van der Waals surface area contributed by atoms with Crippen LogP contribution in [0.15, 0.2) is 8.94 Å². The van der Waals surface area contributed by atoms with E-state index in [9.17, 15) is 0 Å². The number of rotatable bonds is 5. The summed E-state index contributed by atoms with van der Waals surface area (Å²) in [6, 6.07) is 0. The van der Waals surface area contributed by atoms with Crippen LogP contribution in [-0.2, 0) is 17.6 Å². The van der Waals surface area contributed by atoms with Crippen molar-refractivity contribution in [3.63, 3.8) is 0 Å². The molecule has 7 heteroatoms. The van der Waals surface area contributed by atoms with Gasteiger partial charge in [0.1, 0.15) is 0 Å². The summed E-state index contributed by atoms with van der Waals surface area (Å²) in [6.45, 7) is 9.10. The Bertz CT molecular complexity index is 644. The molecule has 0 aromatic carbocycles. The van der Waals surface area contributed by atoms with Crippen LogP contribution in [0.25, 0.3) is 0 Å². The van der Waals surface area contributed by atoms with Crippen molar-refractivity contribution in [1.82, 2.24) is 20.3 Å². The van der Waals surface area contributed by atoms with E-state index >= 15 is 0 Å². The lowest BCUT2D eigenvalue weighted by Gasteiger charge is -2.29. The van der Waals surface area contributed by atoms with Crippen molar-refractivity contribution in [2.45, 2.75) is 65.4 Å². The summed E-state index contributed by atoms with van der Waals surface area (Å²) < 4.78 is 16.8. The smallest absolute Gasteiger partial charge is 0.226 e. The first-order valence-corrected chi connectivity index (χ1v) is 8.16. The van der Waals surface area contributed by atoms with Crippen LogP contribution < -0.4 is 0 Å². The third-order valence-electron chi connectivity index (χ3n) is 4.10. The van der Waals surface area contributed by atoms with Crippen LogP contribution >= 0.6 is 0 Å².